The van der Waals surface area contributed by atoms with E-state index >= 15 is 0 Å². The number of aromatic nitrogens is 2. The molecule has 0 spiro atoms. The highest BCUT2D eigenvalue weighted by molar-refractivity contribution is 9.10. The molecule has 0 aliphatic heterocycles. The highest BCUT2D eigenvalue weighted by Crippen LogP contribution is 2.44. The number of halogens is 1. The summed E-state index contributed by atoms with van der Waals surface area (Å²) in [4.78, 5) is 2.33. The molecule has 0 unspecified atom stereocenters. The molecule has 8 rings (SSSR count). The molecule has 2 aromatic heterocycles. The van der Waals surface area contributed by atoms with E-state index in [0.717, 1.165) is 32.9 Å². The molecule has 4 heteroatoms. The molecule has 0 radical (unpaired) electrons. The standard InChI is InChI=1S/C38H26BrN3/c39-27-21-23-35-33(25-27)37-38(41(35)30-17-9-3-10-18-30)34-26-32(22-24-36(34)42(37)31-19-11-4-12-20-31)40(28-13-5-1-6-14-28)29-15-7-2-8-16-29/h1-26H. The van der Waals surface area contributed by atoms with Crippen LogP contribution >= 0.6 is 15.9 Å². The predicted octanol–water partition coefficient (Wildman–Crippen LogP) is 11.0. The quantitative estimate of drug-likeness (QED) is 0.191. The van der Waals surface area contributed by atoms with E-state index in [9.17, 15) is 0 Å². The number of benzene rings is 6. The molecule has 3 nitrogen and oxygen atoms in total. The van der Waals surface area contributed by atoms with Crippen molar-refractivity contribution in [3.05, 3.63) is 162 Å². The first kappa shape index (κ1) is 24.7. The monoisotopic (exact) mass is 603 g/mol. The number of nitrogens with zero attached hydrogens (tertiary/aromatic N) is 3. The van der Waals surface area contributed by atoms with E-state index in [1.165, 1.54) is 32.8 Å². The van der Waals surface area contributed by atoms with Crippen LogP contribution in [0.2, 0.25) is 0 Å². The lowest BCUT2D eigenvalue weighted by atomic mass is 10.1. The van der Waals surface area contributed by atoms with Gasteiger partial charge >= 0.3 is 0 Å². The van der Waals surface area contributed by atoms with Gasteiger partial charge in [-0.25, -0.2) is 0 Å². The topological polar surface area (TPSA) is 13.1 Å². The van der Waals surface area contributed by atoms with Crippen molar-refractivity contribution in [1.82, 2.24) is 9.13 Å². The molecule has 0 aliphatic rings. The molecule has 0 bridgehead atoms. The maximum Gasteiger partial charge on any atom is 0.0804 e. The van der Waals surface area contributed by atoms with Crippen molar-refractivity contribution in [2.24, 2.45) is 0 Å². The summed E-state index contributed by atoms with van der Waals surface area (Å²) in [5.74, 6) is 0. The molecule has 42 heavy (non-hydrogen) atoms. The van der Waals surface area contributed by atoms with Gasteiger partial charge in [-0.05, 0) is 84.9 Å². The summed E-state index contributed by atoms with van der Waals surface area (Å²) in [7, 11) is 0. The second-order valence-electron chi connectivity index (χ2n) is 10.4. The third kappa shape index (κ3) is 3.95. The van der Waals surface area contributed by atoms with Crippen molar-refractivity contribution in [3.63, 3.8) is 0 Å². The third-order valence-electron chi connectivity index (χ3n) is 7.92. The molecule has 0 saturated carbocycles. The second-order valence-corrected chi connectivity index (χ2v) is 11.3. The molecule has 2 heterocycles. The highest BCUT2D eigenvalue weighted by atomic mass is 79.9. The minimum Gasteiger partial charge on any atom is -0.310 e. The van der Waals surface area contributed by atoms with Crippen molar-refractivity contribution in [3.8, 4) is 11.4 Å². The number of hydrogen-bond acceptors (Lipinski definition) is 1. The Morgan fingerprint density at radius 2 is 0.833 bits per heavy atom. The van der Waals surface area contributed by atoms with Gasteiger partial charge in [0.05, 0.1) is 22.1 Å². The minimum absolute atomic E-state index is 1.06. The molecule has 0 saturated heterocycles. The van der Waals surface area contributed by atoms with Gasteiger partial charge in [0.15, 0.2) is 0 Å². The Morgan fingerprint density at radius 3 is 1.33 bits per heavy atom. The largest absolute Gasteiger partial charge is 0.310 e. The SMILES string of the molecule is Brc1ccc2c(c1)c1c(c3cc(N(c4ccccc4)c4ccccc4)ccc3n1-c1ccccc1)n2-c1ccccc1. The van der Waals surface area contributed by atoms with Gasteiger partial charge in [-0.15, -0.1) is 0 Å². The Bertz CT molecular complexity index is 2110. The zero-order valence-corrected chi connectivity index (χ0v) is 24.3. The van der Waals surface area contributed by atoms with Gasteiger partial charge < -0.3 is 14.0 Å². The average Bonchev–Trinajstić information content (AvgIpc) is 3.55. The maximum atomic E-state index is 3.77. The Labute approximate surface area is 252 Å². The third-order valence-corrected chi connectivity index (χ3v) is 8.41. The van der Waals surface area contributed by atoms with E-state index in [1.54, 1.807) is 0 Å². The van der Waals surface area contributed by atoms with Gasteiger partial charge in [0.1, 0.15) is 0 Å². The van der Waals surface area contributed by atoms with Crippen molar-refractivity contribution in [1.29, 1.82) is 0 Å². The normalized spacial score (nSPS) is 11.5. The first-order valence-corrected chi connectivity index (χ1v) is 14.9. The van der Waals surface area contributed by atoms with Crippen LogP contribution in [-0.4, -0.2) is 9.13 Å². The fourth-order valence-corrected chi connectivity index (χ4v) is 6.54. The number of fused-ring (bicyclic) bond motifs is 5. The number of anilines is 3. The summed E-state index contributed by atoms with van der Waals surface area (Å²) in [5, 5.41) is 2.40. The van der Waals surface area contributed by atoms with E-state index in [-0.39, 0.29) is 0 Å². The van der Waals surface area contributed by atoms with Gasteiger partial charge in [0.25, 0.3) is 0 Å². The molecule has 8 aromatic rings. The van der Waals surface area contributed by atoms with Crippen LogP contribution in [0.3, 0.4) is 0 Å². The van der Waals surface area contributed by atoms with E-state index in [0.29, 0.717) is 0 Å². The molecule has 6 aromatic carbocycles. The Hall–Kier alpha value is -5.06. The first-order valence-electron chi connectivity index (χ1n) is 14.1. The minimum atomic E-state index is 1.06. The molecule has 0 amide bonds. The van der Waals surface area contributed by atoms with Crippen molar-refractivity contribution < 1.29 is 0 Å². The summed E-state index contributed by atoms with van der Waals surface area (Å²) in [6.45, 7) is 0. The fourth-order valence-electron chi connectivity index (χ4n) is 6.18. The molecular weight excluding hydrogens is 578 g/mol. The second kappa shape index (κ2) is 10.1. The van der Waals surface area contributed by atoms with E-state index in [1.807, 2.05) is 0 Å². The lowest BCUT2D eigenvalue weighted by Crippen LogP contribution is -2.09. The molecular formula is C38H26BrN3. The summed E-state index contributed by atoms with van der Waals surface area (Å²) >= 11 is 3.77. The summed E-state index contributed by atoms with van der Waals surface area (Å²) in [5.41, 5.74) is 10.4. The van der Waals surface area contributed by atoms with Crippen LogP contribution in [0.25, 0.3) is 44.2 Å². The van der Waals surface area contributed by atoms with Crippen LogP contribution in [0.15, 0.2) is 162 Å². The van der Waals surface area contributed by atoms with Crippen LogP contribution in [0.5, 0.6) is 0 Å². The summed E-state index contributed by atoms with van der Waals surface area (Å²) < 4.78 is 5.89. The van der Waals surface area contributed by atoms with Gasteiger partial charge in [-0.2, -0.15) is 0 Å². The smallest absolute Gasteiger partial charge is 0.0804 e. The van der Waals surface area contributed by atoms with Crippen LogP contribution in [0.4, 0.5) is 17.1 Å². The van der Waals surface area contributed by atoms with Crippen LogP contribution in [0.1, 0.15) is 0 Å². The predicted molar refractivity (Wildman–Crippen MR) is 180 cm³/mol. The van der Waals surface area contributed by atoms with Crippen LogP contribution in [0, 0.1) is 0 Å². The number of para-hydroxylation sites is 4. The zero-order valence-electron chi connectivity index (χ0n) is 22.7. The van der Waals surface area contributed by atoms with E-state index < -0.39 is 0 Å². The summed E-state index contributed by atoms with van der Waals surface area (Å²) in [6.07, 6.45) is 0. The van der Waals surface area contributed by atoms with Gasteiger partial charge in [-0.3, -0.25) is 0 Å². The van der Waals surface area contributed by atoms with Crippen molar-refractivity contribution in [2.45, 2.75) is 0 Å². The van der Waals surface area contributed by atoms with Gasteiger partial charge in [0, 0.05) is 43.7 Å². The molecule has 0 aliphatic carbocycles. The highest BCUT2D eigenvalue weighted by Gasteiger charge is 2.23. The van der Waals surface area contributed by atoms with Crippen LogP contribution < -0.4 is 4.90 Å². The van der Waals surface area contributed by atoms with Crippen molar-refractivity contribution in [2.75, 3.05) is 4.90 Å². The molecule has 0 atom stereocenters. The molecule has 0 N–H and O–H groups in total. The van der Waals surface area contributed by atoms with Crippen molar-refractivity contribution >= 4 is 65.8 Å². The fraction of sp³-hybridized carbons (Fsp3) is 0. The average molecular weight is 605 g/mol. The molecule has 200 valence electrons. The van der Waals surface area contributed by atoms with Gasteiger partial charge in [-0.1, -0.05) is 88.7 Å². The van der Waals surface area contributed by atoms with E-state index in [4.69, 9.17) is 0 Å². The first-order chi connectivity index (χ1) is 20.8. The zero-order chi connectivity index (χ0) is 28.0. The van der Waals surface area contributed by atoms with Crippen LogP contribution in [-0.2, 0) is 0 Å². The number of rotatable bonds is 5. The lowest BCUT2D eigenvalue weighted by Gasteiger charge is -2.25. The Kier molecular flexibility index (Phi) is 5.94. The van der Waals surface area contributed by atoms with E-state index in [2.05, 4.69) is 188 Å². The maximum absolute atomic E-state index is 3.77. The summed E-state index contributed by atoms with van der Waals surface area (Å²) in [6, 6.07) is 56.0. The Morgan fingerprint density at radius 1 is 0.405 bits per heavy atom. The molecule has 0 fully saturated rings. The lowest BCUT2D eigenvalue weighted by molar-refractivity contribution is 1.17. The Balaban J connectivity index is 1.53. The van der Waals surface area contributed by atoms with Gasteiger partial charge in [0.2, 0.25) is 0 Å². The number of hydrogen-bond donors (Lipinski definition) is 0.